The van der Waals surface area contributed by atoms with Crippen molar-refractivity contribution < 1.29 is 14.4 Å². The van der Waals surface area contributed by atoms with E-state index < -0.39 is 5.91 Å². The van der Waals surface area contributed by atoms with Gasteiger partial charge in [-0.25, -0.2) is 0 Å². The smallest absolute Gasteiger partial charge is 0.269 e. The van der Waals surface area contributed by atoms with Gasteiger partial charge in [0.15, 0.2) is 5.11 Å². The monoisotopic (exact) mass is 412 g/mol. The maximum atomic E-state index is 12.2. The Morgan fingerprint density at radius 3 is 2.14 bits per heavy atom. The number of rotatable bonds is 7. The lowest BCUT2D eigenvalue weighted by Crippen LogP contribution is -2.48. The van der Waals surface area contributed by atoms with Crippen molar-refractivity contribution in [1.29, 1.82) is 0 Å². The molecule has 2 rings (SSSR count). The SMILES string of the molecule is CCCCCC(=O)NC(=S)NNC(=O)c1ccc(NC(=O)c2ccccc2)cc1. The molecule has 0 atom stereocenters. The summed E-state index contributed by atoms with van der Waals surface area (Å²) in [6.45, 7) is 2.06. The van der Waals surface area contributed by atoms with E-state index in [-0.39, 0.29) is 16.9 Å². The quantitative estimate of drug-likeness (QED) is 0.318. The highest BCUT2D eigenvalue weighted by molar-refractivity contribution is 7.80. The molecule has 0 spiro atoms. The number of benzene rings is 2. The third-order valence-corrected chi connectivity index (χ3v) is 4.19. The molecule has 0 unspecified atom stereocenters. The van der Waals surface area contributed by atoms with E-state index in [2.05, 4.69) is 28.4 Å². The lowest BCUT2D eigenvalue weighted by molar-refractivity contribution is -0.119. The van der Waals surface area contributed by atoms with Crippen LogP contribution < -0.4 is 21.5 Å². The van der Waals surface area contributed by atoms with Gasteiger partial charge in [-0.05, 0) is 55.0 Å². The second-order valence-corrected chi connectivity index (χ2v) is 6.72. The van der Waals surface area contributed by atoms with Crippen LogP contribution in [0.1, 0.15) is 53.3 Å². The zero-order chi connectivity index (χ0) is 21.1. The Bertz CT molecular complexity index is 854. The summed E-state index contributed by atoms with van der Waals surface area (Å²) in [5, 5.41) is 5.31. The Morgan fingerprint density at radius 1 is 0.828 bits per heavy atom. The van der Waals surface area contributed by atoms with Crippen molar-refractivity contribution >= 4 is 40.7 Å². The fraction of sp³-hybridized carbons (Fsp3) is 0.238. The predicted octanol–water partition coefficient (Wildman–Crippen LogP) is 3.15. The fourth-order valence-electron chi connectivity index (χ4n) is 2.44. The van der Waals surface area contributed by atoms with Gasteiger partial charge in [0.25, 0.3) is 11.8 Å². The molecule has 0 aliphatic carbocycles. The number of hydrogen-bond donors (Lipinski definition) is 4. The van der Waals surface area contributed by atoms with Crippen LogP contribution in [0, 0.1) is 0 Å². The number of carbonyl (C=O) groups excluding carboxylic acids is 3. The number of hydrazine groups is 1. The van der Waals surface area contributed by atoms with Crippen LogP contribution in [0.3, 0.4) is 0 Å². The molecule has 0 fully saturated rings. The lowest BCUT2D eigenvalue weighted by Gasteiger charge is -2.11. The zero-order valence-electron chi connectivity index (χ0n) is 16.2. The van der Waals surface area contributed by atoms with Crippen LogP contribution in [0.2, 0.25) is 0 Å². The summed E-state index contributed by atoms with van der Waals surface area (Å²) < 4.78 is 0. The maximum absolute atomic E-state index is 12.2. The molecular formula is C21H24N4O3S. The Labute approximate surface area is 175 Å². The van der Waals surface area contributed by atoms with E-state index in [0.717, 1.165) is 19.3 Å². The number of hydrogen-bond acceptors (Lipinski definition) is 4. The van der Waals surface area contributed by atoms with Gasteiger partial charge in [0.2, 0.25) is 5.91 Å². The molecule has 3 amide bonds. The molecule has 29 heavy (non-hydrogen) atoms. The molecule has 2 aromatic carbocycles. The summed E-state index contributed by atoms with van der Waals surface area (Å²) >= 11 is 4.99. The Morgan fingerprint density at radius 2 is 1.48 bits per heavy atom. The molecule has 4 N–H and O–H groups in total. The van der Waals surface area contributed by atoms with Gasteiger partial charge in [0, 0.05) is 23.2 Å². The van der Waals surface area contributed by atoms with Crippen molar-refractivity contribution in [3.8, 4) is 0 Å². The average Bonchev–Trinajstić information content (AvgIpc) is 2.73. The number of carbonyl (C=O) groups is 3. The molecule has 2 aromatic rings. The van der Waals surface area contributed by atoms with Crippen molar-refractivity contribution in [1.82, 2.24) is 16.2 Å². The third kappa shape index (κ3) is 7.71. The van der Waals surface area contributed by atoms with Crippen LogP contribution in [0.4, 0.5) is 5.69 Å². The molecule has 7 nitrogen and oxygen atoms in total. The lowest BCUT2D eigenvalue weighted by atomic mass is 10.1. The van der Waals surface area contributed by atoms with Crippen LogP contribution in [0.25, 0.3) is 0 Å². The third-order valence-electron chi connectivity index (χ3n) is 3.99. The summed E-state index contributed by atoms with van der Waals surface area (Å²) in [6, 6.07) is 15.2. The van der Waals surface area contributed by atoms with Crippen LogP contribution >= 0.6 is 12.2 Å². The van der Waals surface area contributed by atoms with Crippen LogP contribution in [-0.4, -0.2) is 22.8 Å². The van der Waals surface area contributed by atoms with Crippen LogP contribution in [0.15, 0.2) is 54.6 Å². The van der Waals surface area contributed by atoms with Gasteiger partial charge in [-0.3, -0.25) is 25.2 Å². The number of thiocarbonyl (C=S) groups is 1. The molecule has 0 aliphatic heterocycles. The molecule has 0 aliphatic rings. The summed E-state index contributed by atoms with van der Waals surface area (Å²) in [4.78, 5) is 36.0. The second kappa shape index (κ2) is 11.6. The minimum Gasteiger partial charge on any atom is -0.322 e. The Hall–Kier alpha value is -3.26. The minimum atomic E-state index is -0.423. The summed E-state index contributed by atoms with van der Waals surface area (Å²) in [5.74, 6) is -0.846. The predicted molar refractivity (Wildman–Crippen MR) is 116 cm³/mol. The molecule has 0 bridgehead atoms. The van der Waals surface area contributed by atoms with E-state index in [4.69, 9.17) is 12.2 Å². The van der Waals surface area contributed by atoms with Crippen molar-refractivity contribution in [3.05, 3.63) is 65.7 Å². The molecule has 152 valence electrons. The van der Waals surface area contributed by atoms with Gasteiger partial charge < -0.3 is 10.6 Å². The van der Waals surface area contributed by atoms with Gasteiger partial charge >= 0.3 is 0 Å². The van der Waals surface area contributed by atoms with Crippen molar-refractivity contribution in [3.63, 3.8) is 0 Å². The number of anilines is 1. The van der Waals surface area contributed by atoms with Gasteiger partial charge in [0.05, 0.1) is 0 Å². The number of amides is 3. The normalized spacial score (nSPS) is 9.97. The topological polar surface area (TPSA) is 99.3 Å². The Balaban J connectivity index is 1.79. The van der Waals surface area contributed by atoms with E-state index in [1.807, 2.05) is 6.07 Å². The first-order valence-electron chi connectivity index (χ1n) is 9.36. The van der Waals surface area contributed by atoms with Gasteiger partial charge in [-0.2, -0.15) is 0 Å². The van der Waals surface area contributed by atoms with Crippen LogP contribution in [-0.2, 0) is 4.79 Å². The number of unbranched alkanes of at least 4 members (excludes halogenated alkanes) is 2. The number of nitrogens with one attached hydrogen (secondary N) is 4. The largest absolute Gasteiger partial charge is 0.322 e. The standard InChI is InChI=1S/C21H24N4O3S/c1-2-3-5-10-18(26)23-21(29)25-24-20(28)16-11-13-17(14-12-16)22-19(27)15-8-6-4-7-9-15/h4,6-9,11-14H,2-3,5,10H2,1H3,(H,22,27)(H,24,28)(H2,23,25,26,29). The highest BCUT2D eigenvalue weighted by Crippen LogP contribution is 2.11. The van der Waals surface area contributed by atoms with Crippen molar-refractivity contribution in [2.45, 2.75) is 32.6 Å². The summed E-state index contributed by atoms with van der Waals surface area (Å²) in [6.07, 6.45) is 3.19. The first-order valence-corrected chi connectivity index (χ1v) is 9.77. The van der Waals surface area contributed by atoms with E-state index in [9.17, 15) is 14.4 Å². The van der Waals surface area contributed by atoms with E-state index >= 15 is 0 Å². The van der Waals surface area contributed by atoms with Crippen molar-refractivity contribution in [2.24, 2.45) is 0 Å². The second-order valence-electron chi connectivity index (χ2n) is 6.31. The molecular weight excluding hydrogens is 388 g/mol. The summed E-state index contributed by atoms with van der Waals surface area (Å²) in [5.41, 5.74) is 6.41. The minimum absolute atomic E-state index is 0.0339. The molecule has 0 saturated carbocycles. The van der Waals surface area contributed by atoms with E-state index in [1.54, 1.807) is 48.5 Å². The molecule has 8 heteroatoms. The first kappa shape index (κ1) is 22.0. The first-order chi connectivity index (χ1) is 14.0. The molecule has 0 aromatic heterocycles. The highest BCUT2D eigenvalue weighted by Gasteiger charge is 2.09. The molecule has 0 heterocycles. The van der Waals surface area contributed by atoms with Crippen molar-refractivity contribution in [2.75, 3.05) is 5.32 Å². The van der Waals surface area contributed by atoms with Crippen LogP contribution in [0.5, 0.6) is 0 Å². The average molecular weight is 413 g/mol. The maximum Gasteiger partial charge on any atom is 0.269 e. The molecule has 0 radical (unpaired) electrons. The van der Waals surface area contributed by atoms with E-state index in [1.165, 1.54) is 0 Å². The Kier molecular flexibility index (Phi) is 8.78. The fourth-order valence-corrected chi connectivity index (χ4v) is 2.60. The van der Waals surface area contributed by atoms with Gasteiger partial charge in [-0.15, -0.1) is 0 Å². The van der Waals surface area contributed by atoms with Gasteiger partial charge in [-0.1, -0.05) is 38.0 Å². The van der Waals surface area contributed by atoms with Gasteiger partial charge in [0.1, 0.15) is 0 Å². The summed E-state index contributed by atoms with van der Waals surface area (Å²) in [7, 11) is 0. The molecule has 0 saturated heterocycles. The van der Waals surface area contributed by atoms with E-state index in [0.29, 0.717) is 23.2 Å². The zero-order valence-corrected chi connectivity index (χ0v) is 17.0. The highest BCUT2D eigenvalue weighted by atomic mass is 32.1.